The van der Waals surface area contributed by atoms with Crippen molar-refractivity contribution in [1.82, 2.24) is 19.8 Å². The summed E-state index contributed by atoms with van der Waals surface area (Å²) >= 11 is 0. The minimum absolute atomic E-state index is 0. The van der Waals surface area contributed by atoms with Crippen LogP contribution in [0.5, 0.6) is 0 Å². The Hall–Kier alpha value is -0.580. The summed E-state index contributed by atoms with van der Waals surface area (Å²) in [5, 5.41) is 3.61. The van der Waals surface area contributed by atoms with E-state index in [4.69, 9.17) is 0 Å². The van der Waals surface area contributed by atoms with Crippen LogP contribution in [-0.2, 0) is 13.6 Å². The molecule has 0 amide bonds. The SMILES string of the molecule is Cl.Cn1cncc1CN1CCC2NCCC2C1. The molecule has 0 aromatic carbocycles. The Balaban J connectivity index is 0.00000108. The molecular formula is C12H21ClN4. The van der Waals surface area contributed by atoms with Gasteiger partial charge in [0.2, 0.25) is 0 Å². The van der Waals surface area contributed by atoms with Crippen molar-refractivity contribution >= 4 is 12.4 Å². The van der Waals surface area contributed by atoms with Gasteiger partial charge in [-0.05, 0) is 25.3 Å². The van der Waals surface area contributed by atoms with Crippen molar-refractivity contribution in [1.29, 1.82) is 0 Å². The van der Waals surface area contributed by atoms with Crippen molar-refractivity contribution < 1.29 is 0 Å². The molecule has 0 saturated carbocycles. The van der Waals surface area contributed by atoms with Gasteiger partial charge in [0, 0.05) is 38.9 Å². The first-order valence-corrected chi connectivity index (χ1v) is 6.24. The van der Waals surface area contributed by atoms with Gasteiger partial charge in [0.1, 0.15) is 0 Å². The van der Waals surface area contributed by atoms with Crippen molar-refractivity contribution in [2.45, 2.75) is 25.4 Å². The summed E-state index contributed by atoms with van der Waals surface area (Å²) in [5.74, 6) is 0.877. The van der Waals surface area contributed by atoms with Crippen LogP contribution in [0.2, 0.25) is 0 Å². The van der Waals surface area contributed by atoms with E-state index in [1.165, 1.54) is 38.2 Å². The number of likely N-dealkylation sites (tertiary alicyclic amines) is 1. The highest BCUT2D eigenvalue weighted by molar-refractivity contribution is 5.85. The van der Waals surface area contributed by atoms with Gasteiger partial charge < -0.3 is 9.88 Å². The highest BCUT2D eigenvalue weighted by Crippen LogP contribution is 2.25. The van der Waals surface area contributed by atoms with Crippen molar-refractivity contribution in [2.75, 3.05) is 19.6 Å². The van der Waals surface area contributed by atoms with Crippen LogP contribution < -0.4 is 5.32 Å². The summed E-state index contributed by atoms with van der Waals surface area (Å²) in [6.45, 7) is 4.75. The highest BCUT2D eigenvalue weighted by Gasteiger charge is 2.32. The molecule has 3 heterocycles. The Bertz CT molecular complexity index is 365. The van der Waals surface area contributed by atoms with E-state index in [9.17, 15) is 0 Å². The summed E-state index contributed by atoms with van der Waals surface area (Å²) in [5.41, 5.74) is 1.32. The van der Waals surface area contributed by atoms with E-state index in [1.54, 1.807) is 0 Å². The average Bonchev–Trinajstić information content (AvgIpc) is 2.88. The van der Waals surface area contributed by atoms with Gasteiger partial charge in [0.05, 0.1) is 12.0 Å². The summed E-state index contributed by atoms with van der Waals surface area (Å²) in [6.07, 6.45) is 6.53. The average molecular weight is 257 g/mol. The Morgan fingerprint density at radius 3 is 3.12 bits per heavy atom. The number of nitrogens with one attached hydrogen (secondary N) is 1. The van der Waals surface area contributed by atoms with E-state index in [-0.39, 0.29) is 12.4 Å². The lowest BCUT2D eigenvalue weighted by Gasteiger charge is -2.34. The molecule has 4 nitrogen and oxygen atoms in total. The molecule has 0 aliphatic carbocycles. The number of fused-ring (bicyclic) bond motifs is 1. The Morgan fingerprint density at radius 1 is 1.47 bits per heavy atom. The van der Waals surface area contributed by atoms with Crippen molar-refractivity contribution in [3.63, 3.8) is 0 Å². The molecule has 17 heavy (non-hydrogen) atoms. The predicted molar refractivity (Wildman–Crippen MR) is 70.2 cm³/mol. The van der Waals surface area contributed by atoms with Gasteiger partial charge in [-0.15, -0.1) is 12.4 Å². The molecule has 2 aliphatic heterocycles. The van der Waals surface area contributed by atoms with E-state index < -0.39 is 0 Å². The van der Waals surface area contributed by atoms with Crippen LogP contribution in [0.1, 0.15) is 18.5 Å². The predicted octanol–water partition coefficient (Wildman–Crippen LogP) is 1.03. The molecule has 0 radical (unpaired) electrons. The van der Waals surface area contributed by atoms with Gasteiger partial charge in [-0.1, -0.05) is 0 Å². The molecule has 1 aromatic rings. The fourth-order valence-electron chi connectivity index (χ4n) is 3.03. The first-order valence-electron chi connectivity index (χ1n) is 6.24. The number of nitrogens with zero attached hydrogens (tertiary/aromatic N) is 3. The van der Waals surface area contributed by atoms with Gasteiger partial charge in [0.25, 0.3) is 0 Å². The number of imidazole rings is 1. The van der Waals surface area contributed by atoms with Gasteiger partial charge in [-0.25, -0.2) is 4.98 Å². The summed E-state index contributed by atoms with van der Waals surface area (Å²) in [7, 11) is 2.08. The maximum atomic E-state index is 4.18. The molecule has 3 rings (SSSR count). The third-order valence-corrected chi connectivity index (χ3v) is 4.04. The number of halogens is 1. The fourth-order valence-corrected chi connectivity index (χ4v) is 3.03. The van der Waals surface area contributed by atoms with Crippen LogP contribution >= 0.6 is 12.4 Å². The number of piperidine rings is 1. The number of rotatable bonds is 2. The molecule has 5 heteroatoms. The maximum absolute atomic E-state index is 4.18. The van der Waals surface area contributed by atoms with Crippen LogP contribution in [0, 0.1) is 5.92 Å². The molecule has 0 bridgehead atoms. The second kappa shape index (κ2) is 5.38. The zero-order valence-electron chi connectivity index (χ0n) is 10.3. The molecule has 1 N–H and O–H groups in total. The topological polar surface area (TPSA) is 33.1 Å². The Kier molecular flexibility index (Phi) is 4.07. The van der Waals surface area contributed by atoms with E-state index >= 15 is 0 Å². The van der Waals surface area contributed by atoms with Gasteiger partial charge in [-0.2, -0.15) is 0 Å². The molecule has 96 valence electrons. The lowest BCUT2D eigenvalue weighted by Crippen LogP contribution is -2.44. The van der Waals surface area contributed by atoms with Crippen LogP contribution in [0.3, 0.4) is 0 Å². The van der Waals surface area contributed by atoms with Crippen LogP contribution in [-0.4, -0.2) is 40.1 Å². The van der Waals surface area contributed by atoms with E-state index in [2.05, 4.69) is 26.8 Å². The number of aromatic nitrogens is 2. The molecule has 2 fully saturated rings. The normalized spacial score (nSPS) is 28.8. The van der Waals surface area contributed by atoms with Crippen LogP contribution in [0.25, 0.3) is 0 Å². The van der Waals surface area contributed by atoms with E-state index in [0.717, 1.165) is 18.5 Å². The summed E-state index contributed by atoms with van der Waals surface area (Å²) in [4.78, 5) is 6.75. The van der Waals surface area contributed by atoms with Crippen molar-refractivity contribution in [3.05, 3.63) is 18.2 Å². The van der Waals surface area contributed by atoms with Gasteiger partial charge in [0.15, 0.2) is 0 Å². The number of hydrogen-bond acceptors (Lipinski definition) is 3. The Morgan fingerprint density at radius 2 is 2.35 bits per heavy atom. The third kappa shape index (κ3) is 2.64. The largest absolute Gasteiger partial charge is 0.337 e. The first kappa shape index (κ1) is 12.9. The fraction of sp³-hybridized carbons (Fsp3) is 0.750. The molecule has 2 aliphatic rings. The maximum Gasteiger partial charge on any atom is 0.0945 e. The van der Waals surface area contributed by atoms with Crippen LogP contribution in [0.15, 0.2) is 12.5 Å². The lowest BCUT2D eigenvalue weighted by atomic mass is 9.93. The smallest absolute Gasteiger partial charge is 0.0945 e. The quantitative estimate of drug-likeness (QED) is 0.858. The van der Waals surface area contributed by atoms with E-state index in [0.29, 0.717) is 0 Å². The third-order valence-electron chi connectivity index (χ3n) is 4.04. The van der Waals surface area contributed by atoms with Gasteiger partial charge in [-0.3, -0.25) is 4.90 Å². The lowest BCUT2D eigenvalue weighted by molar-refractivity contribution is 0.153. The minimum atomic E-state index is 0. The minimum Gasteiger partial charge on any atom is -0.337 e. The molecule has 2 saturated heterocycles. The van der Waals surface area contributed by atoms with Crippen LogP contribution in [0.4, 0.5) is 0 Å². The van der Waals surface area contributed by atoms with Gasteiger partial charge >= 0.3 is 0 Å². The second-order valence-corrected chi connectivity index (χ2v) is 5.13. The zero-order valence-corrected chi connectivity index (χ0v) is 11.1. The number of hydrogen-bond donors (Lipinski definition) is 1. The molecule has 0 spiro atoms. The Labute approximate surface area is 109 Å². The zero-order chi connectivity index (χ0) is 11.0. The van der Waals surface area contributed by atoms with Crippen molar-refractivity contribution in [3.8, 4) is 0 Å². The summed E-state index contributed by atoms with van der Waals surface area (Å²) in [6, 6.07) is 0.794. The standard InChI is InChI=1S/C12H20N4.ClH/c1-15-9-13-6-11(15)8-16-5-3-12-10(7-16)2-4-14-12;/h6,9-10,12,14H,2-5,7-8H2,1H3;1H. The molecule has 1 aromatic heterocycles. The molecular weight excluding hydrogens is 236 g/mol. The van der Waals surface area contributed by atoms with Crippen molar-refractivity contribution in [2.24, 2.45) is 13.0 Å². The second-order valence-electron chi connectivity index (χ2n) is 5.13. The number of aryl methyl sites for hydroxylation is 1. The molecule has 2 unspecified atom stereocenters. The first-order chi connectivity index (χ1) is 7.83. The monoisotopic (exact) mass is 256 g/mol. The highest BCUT2D eigenvalue weighted by atomic mass is 35.5. The van der Waals surface area contributed by atoms with E-state index in [1.807, 2.05) is 12.5 Å². The summed E-state index contributed by atoms with van der Waals surface area (Å²) < 4.78 is 2.12. The molecule has 2 atom stereocenters.